The fraction of sp³-hybridized carbons (Fsp3) is 0.136. The average Bonchev–Trinajstić information content (AvgIpc) is 3.24. The summed E-state index contributed by atoms with van der Waals surface area (Å²) in [5, 5.41) is 3.49. The van der Waals surface area contributed by atoms with Gasteiger partial charge in [0, 0.05) is 16.6 Å². The van der Waals surface area contributed by atoms with Crippen LogP contribution in [0.3, 0.4) is 0 Å². The molecule has 1 aliphatic rings. The number of nitrogens with zero attached hydrogens (tertiary/aromatic N) is 1. The Hall–Kier alpha value is -2.94. The average molecular weight is 493 g/mol. The molecule has 32 heavy (non-hydrogen) atoms. The van der Waals surface area contributed by atoms with Crippen LogP contribution in [0.4, 0.5) is 5.69 Å². The lowest BCUT2D eigenvalue weighted by Gasteiger charge is -2.24. The topological polar surface area (TPSA) is 84.9 Å². The van der Waals surface area contributed by atoms with E-state index in [4.69, 9.17) is 32.7 Å². The van der Waals surface area contributed by atoms with Crippen LogP contribution in [0.25, 0.3) is 0 Å². The van der Waals surface area contributed by atoms with Gasteiger partial charge in [-0.2, -0.15) is 0 Å². The van der Waals surface area contributed by atoms with E-state index < -0.39 is 22.5 Å². The summed E-state index contributed by atoms with van der Waals surface area (Å²) >= 11 is 12.0. The normalized spacial score (nSPS) is 12.4. The van der Waals surface area contributed by atoms with Gasteiger partial charge in [-0.3, -0.25) is 9.10 Å². The molecule has 10 heteroatoms. The van der Waals surface area contributed by atoms with Gasteiger partial charge in [0.1, 0.15) is 6.54 Å². The minimum Gasteiger partial charge on any atom is -0.454 e. The maximum Gasteiger partial charge on any atom is 0.264 e. The molecule has 7 nitrogen and oxygen atoms in total. The first kappa shape index (κ1) is 22.3. The van der Waals surface area contributed by atoms with Crippen molar-refractivity contribution in [2.75, 3.05) is 17.6 Å². The van der Waals surface area contributed by atoms with Crippen molar-refractivity contribution in [2.24, 2.45) is 0 Å². The molecule has 0 saturated carbocycles. The van der Waals surface area contributed by atoms with E-state index in [-0.39, 0.29) is 23.9 Å². The summed E-state index contributed by atoms with van der Waals surface area (Å²) in [4.78, 5) is 12.7. The molecule has 1 heterocycles. The number of ether oxygens (including phenoxy) is 2. The molecule has 0 saturated heterocycles. The van der Waals surface area contributed by atoms with Crippen LogP contribution in [0.15, 0.2) is 71.6 Å². The monoisotopic (exact) mass is 492 g/mol. The zero-order valence-corrected chi connectivity index (χ0v) is 19.0. The number of carbonyl (C=O) groups is 1. The van der Waals surface area contributed by atoms with Gasteiger partial charge in [-0.25, -0.2) is 8.42 Å². The second kappa shape index (κ2) is 9.28. The highest BCUT2D eigenvalue weighted by Crippen LogP contribution is 2.32. The highest BCUT2D eigenvalue weighted by molar-refractivity contribution is 7.92. The first-order valence-electron chi connectivity index (χ1n) is 9.52. The molecule has 0 bridgehead atoms. The molecule has 0 fully saturated rings. The summed E-state index contributed by atoms with van der Waals surface area (Å²) in [5.74, 6) is 0.754. The molecule has 0 radical (unpaired) electrons. The molecule has 166 valence electrons. The molecule has 0 aliphatic carbocycles. The quantitative estimate of drug-likeness (QED) is 0.533. The number of hydrogen-bond donors (Lipinski definition) is 1. The summed E-state index contributed by atoms with van der Waals surface area (Å²) in [7, 11) is -4.05. The van der Waals surface area contributed by atoms with Crippen molar-refractivity contribution in [3.8, 4) is 11.5 Å². The fourth-order valence-corrected chi connectivity index (χ4v) is 4.84. The number of rotatable bonds is 7. The molecule has 1 N–H and O–H groups in total. The molecule has 4 rings (SSSR count). The predicted octanol–water partition coefficient (Wildman–Crippen LogP) is 4.23. The van der Waals surface area contributed by atoms with E-state index in [1.165, 1.54) is 30.3 Å². The van der Waals surface area contributed by atoms with Crippen LogP contribution >= 0.6 is 23.2 Å². The number of amides is 1. The van der Waals surface area contributed by atoms with Crippen LogP contribution in [0, 0.1) is 0 Å². The SMILES string of the molecule is O=C(CN(c1cccc(Cl)c1)S(=O)(=O)c1ccc(Cl)cc1)NCc1ccc2c(c1)OCO2. The molecule has 3 aromatic carbocycles. The van der Waals surface area contributed by atoms with E-state index in [1.807, 2.05) is 0 Å². The van der Waals surface area contributed by atoms with Crippen molar-refractivity contribution >= 4 is 44.8 Å². The van der Waals surface area contributed by atoms with Crippen LogP contribution in [0.5, 0.6) is 11.5 Å². The highest BCUT2D eigenvalue weighted by Gasteiger charge is 2.27. The van der Waals surface area contributed by atoms with Crippen LogP contribution in [0.1, 0.15) is 5.56 Å². The minimum absolute atomic E-state index is 0.00504. The maximum absolute atomic E-state index is 13.3. The number of nitrogens with one attached hydrogen (secondary N) is 1. The van der Waals surface area contributed by atoms with Crippen LogP contribution < -0.4 is 19.1 Å². The second-order valence-electron chi connectivity index (χ2n) is 6.91. The fourth-order valence-electron chi connectivity index (χ4n) is 3.12. The van der Waals surface area contributed by atoms with E-state index in [0.29, 0.717) is 21.5 Å². The van der Waals surface area contributed by atoms with Crippen molar-refractivity contribution < 1.29 is 22.7 Å². The molecular formula is C22H18Cl2N2O5S. The summed E-state index contributed by atoms with van der Waals surface area (Å²) in [6, 6.07) is 17.4. The summed E-state index contributed by atoms with van der Waals surface area (Å²) < 4.78 is 38.3. The molecule has 0 spiro atoms. The first-order valence-corrected chi connectivity index (χ1v) is 11.7. The summed E-state index contributed by atoms with van der Waals surface area (Å²) in [6.07, 6.45) is 0. The lowest BCUT2D eigenvalue weighted by Crippen LogP contribution is -2.40. The highest BCUT2D eigenvalue weighted by atomic mass is 35.5. The molecular weight excluding hydrogens is 475 g/mol. The zero-order valence-electron chi connectivity index (χ0n) is 16.6. The molecule has 1 aliphatic heterocycles. The number of benzene rings is 3. The van der Waals surface area contributed by atoms with Gasteiger partial charge in [0.2, 0.25) is 12.7 Å². The van der Waals surface area contributed by atoms with Gasteiger partial charge in [-0.15, -0.1) is 0 Å². The standard InChI is InChI=1S/C22H18Cl2N2O5S/c23-16-5-7-19(8-6-16)32(28,29)26(18-3-1-2-17(24)11-18)13-22(27)25-12-15-4-9-20-21(10-15)31-14-30-20/h1-11H,12-14H2,(H,25,27). The molecule has 0 atom stereocenters. The molecule has 1 amide bonds. The van der Waals surface area contributed by atoms with Gasteiger partial charge >= 0.3 is 0 Å². The van der Waals surface area contributed by atoms with Crippen molar-refractivity contribution in [2.45, 2.75) is 11.4 Å². The maximum atomic E-state index is 13.3. The summed E-state index contributed by atoms with van der Waals surface area (Å²) in [6.45, 7) is -0.0853. The number of hydrogen-bond acceptors (Lipinski definition) is 5. The second-order valence-corrected chi connectivity index (χ2v) is 9.64. The first-order chi connectivity index (χ1) is 15.3. The van der Waals surface area contributed by atoms with Gasteiger partial charge < -0.3 is 14.8 Å². The molecule has 3 aromatic rings. The number of sulfonamides is 1. The molecule has 0 unspecified atom stereocenters. The largest absolute Gasteiger partial charge is 0.454 e. The van der Waals surface area contributed by atoms with E-state index in [0.717, 1.165) is 9.87 Å². The van der Waals surface area contributed by atoms with Gasteiger partial charge in [0.05, 0.1) is 10.6 Å². The third kappa shape index (κ3) is 4.93. The van der Waals surface area contributed by atoms with Gasteiger partial charge in [-0.05, 0) is 60.2 Å². The predicted molar refractivity (Wildman–Crippen MR) is 122 cm³/mol. The van der Waals surface area contributed by atoms with Gasteiger partial charge in [0.25, 0.3) is 10.0 Å². The third-order valence-electron chi connectivity index (χ3n) is 4.71. The number of anilines is 1. The van der Waals surface area contributed by atoms with Crippen LogP contribution in [0.2, 0.25) is 10.0 Å². The lowest BCUT2D eigenvalue weighted by atomic mass is 10.2. The van der Waals surface area contributed by atoms with Crippen molar-refractivity contribution in [3.05, 3.63) is 82.3 Å². The Morgan fingerprint density at radius 2 is 1.69 bits per heavy atom. The van der Waals surface area contributed by atoms with Crippen LogP contribution in [-0.4, -0.2) is 27.7 Å². The number of halogens is 2. The van der Waals surface area contributed by atoms with Gasteiger partial charge in [-0.1, -0.05) is 35.3 Å². The van der Waals surface area contributed by atoms with Crippen LogP contribution in [-0.2, 0) is 21.4 Å². The van der Waals surface area contributed by atoms with E-state index in [9.17, 15) is 13.2 Å². The minimum atomic E-state index is -4.05. The zero-order chi connectivity index (χ0) is 22.7. The van der Waals surface area contributed by atoms with Crippen molar-refractivity contribution in [1.82, 2.24) is 5.32 Å². The van der Waals surface area contributed by atoms with Crippen molar-refractivity contribution in [3.63, 3.8) is 0 Å². The Kier molecular flexibility index (Phi) is 6.45. The lowest BCUT2D eigenvalue weighted by molar-refractivity contribution is -0.119. The van der Waals surface area contributed by atoms with E-state index in [2.05, 4.69) is 5.32 Å². The Morgan fingerprint density at radius 1 is 0.938 bits per heavy atom. The smallest absolute Gasteiger partial charge is 0.264 e. The van der Waals surface area contributed by atoms with E-state index in [1.54, 1.807) is 36.4 Å². The van der Waals surface area contributed by atoms with Crippen molar-refractivity contribution in [1.29, 1.82) is 0 Å². The Bertz CT molecular complexity index is 1250. The summed E-state index contributed by atoms with van der Waals surface area (Å²) in [5.41, 5.74) is 1.06. The Labute approximate surface area is 195 Å². The number of carbonyl (C=O) groups excluding carboxylic acids is 1. The van der Waals surface area contributed by atoms with Gasteiger partial charge in [0.15, 0.2) is 11.5 Å². The Balaban J connectivity index is 1.55. The van der Waals surface area contributed by atoms with E-state index >= 15 is 0 Å². The third-order valence-corrected chi connectivity index (χ3v) is 6.99. The Morgan fingerprint density at radius 3 is 2.44 bits per heavy atom. The molecule has 0 aromatic heterocycles. The number of fused-ring (bicyclic) bond motifs is 1.